The number of carbonyl (C=O) groups is 3. The van der Waals surface area contributed by atoms with E-state index in [-0.39, 0.29) is 31.5 Å². The van der Waals surface area contributed by atoms with Crippen LogP contribution in [0.5, 0.6) is 0 Å². The average molecular weight is 491 g/mol. The summed E-state index contributed by atoms with van der Waals surface area (Å²) in [4.78, 5) is 39.2. The van der Waals surface area contributed by atoms with Crippen LogP contribution in [0.3, 0.4) is 0 Å². The minimum atomic E-state index is -4.95. The summed E-state index contributed by atoms with van der Waals surface area (Å²) in [5.41, 5.74) is 2.64. The van der Waals surface area contributed by atoms with E-state index in [1.807, 2.05) is 54.7 Å². The van der Waals surface area contributed by atoms with Crippen molar-refractivity contribution in [3.05, 3.63) is 60.2 Å². The maximum atomic E-state index is 12.9. The van der Waals surface area contributed by atoms with Gasteiger partial charge >= 0.3 is 18.1 Å². The van der Waals surface area contributed by atoms with Gasteiger partial charge in [-0.1, -0.05) is 42.5 Å². The van der Waals surface area contributed by atoms with Crippen molar-refractivity contribution < 1.29 is 27.6 Å². The van der Waals surface area contributed by atoms with Gasteiger partial charge < -0.3 is 20.4 Å². The van der Waals surface area contributed by atoms with E-state index in [2.05, 4.69) is 5.32 Å². The number of carbonyl (C=O) groups excluding carboxylic acids is 3. The predicted octanol–water partition coefficient (Wildman–Crippen LogP) is 3.67. The molecule has 0 spiro atoms. The highest BCUT2D eigenvalue weighted by Gasteiger charge is 2.41. The zero-order valence-electron chi connectivity index (χ0n) is 19.6. The third-order valence-electron chi connectivity index (χ3n) is 6.13. The molecule has 3 rings (SSSR count). The number of urea groups is 1. The molecule has 1 saturated heterocycles. The van der Waals surface area contributed by atoms with Crippen LogP contribution in [-0.2, 0) is 4.79 Å². The quantitative estimate of drug-likeness (QED) is 0.622. The summed E-state index contributed by atoms with van der Waals surface area (Å²) in [6, 6.07) is 15.9. The Labute approximate surface area is 202 Å². The Balaban J connectivity index is 1.43. The van der Waals surface area contributed by atoms with Crippen molar-refractivity contribution in [2.24, 2.45) is 0 Å². The fraction of sp³-hybridized carbons (Fsp3) is 0.400. The molecule has 2 aromatic carbocycles. The Kier molecular flexibility index (Phi) is 8.37. The Morgan fingerprint density at radius 2 is 1.69 bits per heavy atom. The van der Waals surface area contributed by atoms with E-state index in [1.54, 1.807) is 24.1 Å². The number of hydrogen-bond donors (Lipinski definition) is 2. The SMILES string of the molecule is CC(CCNC(=O)N1CCC(NC(=O)C(F)(F)F)C1)N(C)C(=O)c1ccc(-c2ccccc2)cc1. The van der Waals surface area contributed by atoms with Gasteiger partial charge in [-0.2, -0.15) is 13.2 Å². The molecule has 2 aromatic rings. The lowest BCUT2D eigenvalue weighted by Crippen LogP contribution is -2.46. The second kappa shape index (κ2) is 11.2. The molecule has 1 heterocycles. The van der Waals surface area contributed by atoms with Crippen LogP contribution in [0.4, 0.5) is 18.0 Å². The number of rotatable bonds is 7. The second-order valence-electron chi connectivity index (χ2n) is 8.63. The molecule has 35 heavy (non-hydrogen) atoms. The summed E-state index contributed by atoms with van der Waals surface area (Å²) in [6.45, 7) is 2.43. The highest BCUT2D eigenvalue weighted by molar-refractivity contribution is 5.94. The van der Waals surface area contributed by atoms with Crippen molar-refractivity contribution in [1.82, 2.24) is 20.4 Å². The van der Waals surface area contributed by atoms with E-state index in [9.17, 15) is 27.6 Å². The number of halogens is 3. The molecule has 2 atom stereocenters. The van der Waals surface area contributed by atoms with E-state index >= 15 is 0 Å². The zero-order valence-corrected chi connectivity index (χ0v) is 19.6. The first kappa shape index (κ1) is 26.1. The lowest BCUT2D eigenvalue weighted by atomic mass is 10.0. The number of hydrogen-bond acceptors (Lipinski definition) is 3. The number of amides is 4. The molecule has 2 N–H and O–H groups in total. The Morgan fingerprint density at radius 3 is 2.31 bits per heavy atom. The molecule has 1 fully saturated rings. The van der Waals surface area contributed by atoms with Gasteiger partial charge in [0.25, 0.3) is 5.91 Å². The van der Waals surface area contributed by atoms with E-state index in [4.69, 9.17) is 0 Å². The Morgan fingerprint density at radius 1 is 1.06 bits per heavy atom. The summed E-state index contributed by atoms with van der Waals surface area (Å²) in [5.74, 6) is -2.13. The fourth-order valence-electron chi connectivity index (χ4n) is 3.86. The van der Waals surface area contributed by atoms with Crippen molar-refractivity contribution in [2.75, 3.05) is 26.7 Å². The van der Waals surface area contributed by atoms with Crippen LogP contribution in [-0.4, -0.2) is 72.6 Å². The van der Waals surface area contributed by atoms with Crippen molar-refractivity contribution in [1.29, 1.82) is 0 Å². The second-order valence-corrected chi connectivity index (χ2v) is 8.63. The number of alkyl halides is 3. The topological polar surface area (TPSA) is 81.8 Å². The first-order valence-corrected chi connectivity index (χ1v) is 11.4. The lowest BCUT2D eigenvalue weighted by molar-refractivity contribution is -0.174. The summed E-state index contributed by atoms with van der Waals surface area (Å²) in [6.07, 6.45) is -4.19. The average Bonchev–Trinajstić information content (AvgIpc) is 3.31. The van der Waals surface area contributed by atoms with Gasteiger partial charge in [0.15, 0.2) is 0 Å². The van der Waals surface area contributed by atoms with E-state index in [0.29, 0.717) is 18.5 Å². The molecule has 2 unspecified atom stereocenters. The lowest BCUT2D eigenvalue weighted by Gasteiger charge is -2.26. The summed E-state index contributed by atoms with van der Waals surface area (Å²) >= 11 is 0. The highest BCUT2D eigenvalue weighted by Crippen LogP contribution is 2.20. The summed E-state index contributed by atoms with van der Waals surface area (Å²) < 4.78 is 37.2. The third-order valence-corrected chi connectivity index (χ3v) is 6.13. The van der Waals surface area contributed by atoms with Gasteiger partial charge in [0.2, 0.25) is 0 Å². The van der Waals surface area contributed by atoms with Crippen molar-refractivity contribution >= 4 is 17.8 Å². The molecule has 0 aromatic heterocycles. The number of likely N-dealkylation sites (tertiary alicyclic amines) is 1. The van der Waals surface area contributed by atoms with E-state index in [1.165, 1.54) is 4.90 Å². The smallest absolute Gasteiger partial charge is 0.344 e. The van der Waals surface area contributed by atoms with Crippen LogP contribution < -0.4 is 10.6 Å². The molecule has 188 valence electrons. The van der Waals surface area contributed by atoms with Crippen LogP contribution in [0.15, 0.2) is 54.6 Å². The molecule has 10 heteroatoms. The van der Waals surface area contributed by atoms with E-state index < -0.39 is 24.2 Å². The Bertz CT molecular complexity index is 1030. The molecule has 0 saturated carbocycles. The first-order valence-electron chi connectivity index (χ1n) is 11.4. The fourth-order valence-corrected chi connectivity index (χ4v) is 3.86. The van der Waals surface area contributed by atoms with Crippen LogP contribution in [0.2, 0.25) is 0 Å². The minimum Gasteiger partial charge on any atom is -0.344 e. The Hall–Kier alpha value is -3.56. The largest absolute Gasteiger partial charge is 0.471 e. The number of nitrogens with zero attached hydrogens (tertiary/aromatic N) is 2. The van der Waals surface area contributed by atoms with Crippen molar-refractivity contribution in [3.8, 4) is 11.1 Å². The van der Waals surface area contributed by atoms with Gasteiger partial charge in [0, 0.05) is 44.3 Å². The molecule has 0 bridgehead atoms. The van der Waals surface area contributed by atoms with Crippen LogP contribution in [0.1, 0.15) is 30.1 Å². The van der Waals surface area contributed by atoms with Gasteiger partial charge in [0.1, 0.15) is 0 Å². The maximum absolute atomic E-state index is 12.9. The molecular weight excluding hydrogens is 461 g/mol. The van der Waals surface area contributed by atoms with E-state index in [0.717, 1.165) is 11.1 Å². The van der Waals surface area contributed by atoms with Crippen molar-refractivity contribution in [2.45, 2.75) is 38.0 Å². The number of nitrogens with one attached hydrogen (secondary N) is 2. The predicted molar refractivity (Wildman–Crippen MR) is 126 cm³/mol. The normalized spacial score (nSPS) is 16.5. The molecule has 7 nitrogen and oxygen atoms in total. The maximum Gasteiger partial charge on any atom is 0.471 e. The summed E-state index contributed by atoms with van der Waals surface area (Å²) in [7, 11) is 1.70. The minimum absolute atomic E-state index is 0.0145. The standard InChI is InChI=1S/C25H29F3N4O3/c1-17(12-14-29-24(35)32-15-13-21(16-32)30-23(34)25(26,27)28)31(2)22(33)20-10-8-19(9-11-20)18-6-4-3-5-7-18/h3-11,17,21H,12-16H2,1-2H3,(H,29,35)(H,30,34). The van der Waals surface area contributed by atoms with Gasteiger partial charge in [-0.3, -0.25) is 9.59 Å². The van der Waals surface area contributed by atoms with Gasteiger partial charge in [-0.15, -0.1) is 0 Å². The van der Waals surface area contributed by atoms with Gasteiger partial charge in [-0.25, -0.2) is 4.79 Å². The molecule has 0 radical (unpaired) electrons. The highest BCUT2D eigenvalue weighted by atomic mass is 19.4. The summed E-state index contributed by atoms with van der Waals surface area (Å²) in [5, 5.41) is 4.64. The number of benzene rings is 2. The van der Waals surface area contributed by atoms with Crippen LogP contribution >= 0.6 is 0 Å². The first-order chi connectivity index (χ1) is 16.6. The molecule has 4 amide bonds. The van der Waals surface area contributed by atoms with Crippen LogP contribution in [0, 0.1) is 0 Å². The molecule has 1 aliphatic heterocycles. The van der Waals surface area contributed by atoms with Gasteiger partial charge in [-0.05, 0) is 43.0 Å². The van der Waals surface area contributed by atoms with Crippen molar-refractivity contribution in [3.63, 3.8) is 0 Å². The zero-order chi connectivity index (χ0) is 25.6. The van der Waals surface area contributed by atoms with Crippen LogP contribution in [0.25, 0.3) is 11.1 Å². The molecule has 0 aliphatic carbocycles. The third kappa shape index (κ3) is 6.97. The van der Waals surface area contributed by atoms with Gasteiger partial charge in [0.05, 0.1) is 0 Å². The molecule has 1 aliphatic rings. The molecular formula is C25H29F3N4O3. The monoisotopic (exact) mass is 490 g/mol.